The van der Waals surface area contributed by atoms with Crippen molar-refractivity contribution in [3.63, 3.8) is 0 Å². The van der Waals surface area contributed by atoms with E-state index in [0.717, 1.165) is 0 Å². The molecule has 0 heterocycles. The maximum atomic E-state index is 12.3. The molecule has 1 aliphatic rings. The van der Waals surface area contributed by atoms with Gasteiger partial charge in [0.25, 0.3) is 0 Å². The molecule has 0 radical (unpaired) electrons. The number of hydrogen-bond donors (Lipinski definition) is 0. The van der Waals surface area contributed by atoms with E-state index in [1.807, 2.05) is 0 Å². The predicted molar refractivity (Wildman–Crippen MR) is 80.5 cm³/mol. The van der Waals surface area contributed by atoms with Crippen molar-refractivity contribution in [3.8, 4) is 11.1 Å². The van der Waals surface area contributed by atoms with E-state index >= 15 is 0 Å². The number of carbonyl (C=O) groups is 2. The van der Waals surface area contributed by atoms with Gasteiger partial charge in [-0.2, -0.15) is 0 Å². The Morgan fingerprint density at radius 3 is 1.76 bits per heavy atom. The Morgan fingerprint density at radius 1 is 0.680 bits per heavy atom. The molecule has 0 amide bonds. The van der Waals surface area contributed by atoms with Crippen LogP contribution in [0.25, 0.3) is 11.1 Å². The highest BCUT2D eigenvalue weighted by atomic mass is 16.6. The zero-order chi connectivity index (χ0) is 18.5. The number of nitro benzene ring substituents is 3. The molecular weight excluding hydrogens is 338 g/mol. The first-order valence-electron chi connectivity index (χ1n) is 6.58. The normalized spacial score (nSPS) is 12.3. The summed E-state index contributed by atoms with van der Waals surface area (Å²) < 4.78 is 0. The fourth-order valence-electron chi connectivity index (χ4n) is 2.74. The molecule has 0 aromatic heterocycles. The second-order valence-electron chi connectivity index (χ2n) is 4.99. The summed E-state index contributed by atoms with van der Waals surface area (Å²) >= 11 is 0. The van der Waals surface area contributed by atoms with Gasteiger partial charge in [-0.3, -0.25) is 39.9 Å². The zero-order valence-corrected chi connectivity index (χ0v) is 12.0. The molecule has 0 bridgehead atoms. The van der Waals surface area contributed by atoms with Gasteiger partial charge in [0, 0.05) is 17.2 Å². The van der Waals surface area contributed by atoms with Gasteiger partial charge in [0.15, 0.2) is 0 Å². The number of nitro groups is 3. The molecule has 11 nitrogen and oxygen atoms in total. The van der Waals surface area contributed by atoms with Crippen molar-refractivity contribution in [1.82, 2.24) is 0 Å². The van der Waals surface area contributed by atoms with Crippen LogP contribution in [0, 0.1) is 30.3 Å². The van der Waals surface area contributed by atoms with Crippen LogP contribution < -0.4 is 0 Å². The number of ketones is 2. The minimum atomic E-state index is -1.44. The number of Topliss-reactive ketones (excluding diaryl/α,β-unsaturated/α-hetero) is 2. The first kappa shape index (κ1) is 15.9. The largest absolute Gasteiger partial charge is 0.423 e. The summed E-state index contributed by atoms with van der Waals surface area (Å²) in [6.45, 7) is 0. The molecule has 25 heavy (non-hydrogen) atoms. The van der Waals surface area contributed by atoms with E-state index in [-0.39, 0.29) is 16.7 Å². The standard InChI is InChI=1S/C14H5N3O8/c18-13-7-4-2-1-3-6(7)8-5-9(15(20)21)11(16(22)23)12(17(24)25)10(8)14(13)19/h1-5H. The lowest BCUT2D eigenvalue weighted by atomic mass is 9.82. The third kappa shape index (κ3) is 2.14. The van der Waals surface area contributed by atoms with E-state index < -0.39 is 49.0 Å². The van der Waals surface area contributed by atoms with Gasteiger partial charge in [-0.05, 0) is 5.56 Å². The number of nitrogens with zero attached hydrogens (tertiary/aromatic N) is 3. The molecule has 1 aliphatic carbocycles. The Balaban J connectivity index is 2.58. The maximum Gasteiger partial charge on any atom is 0.423 e. The van der Waals surface area contributed by atoms with Crippen LogP contribution in [0.1, 0.15) is 20.7 Å². The van der Waals surface area contributed by atoms with E-state index in [1.165, 1.54) is 24.3 Å². The van der Waals surface area contributed by atoms with Crippen LogP contribution in [0.15, 0.2) is 30.3 Å². The van der Waals surface area contributed by atoms with Gasteiger partial charge in [0.05, 0.1) is 14.8 Å². The number of rotatable bonds is 3. The van der Waals surface area contributed by atoms with Crippen molar-refractivity contribution in [3.05, 3.63) is 71.8 Å². The zero-order valence-electron chi connectivity index (χ0n) is 12.0. The van der Waals surface area contributed by atoms with Gasteiger partial charge in [-0.25, -0.2) is 0 Å². The minimum Gasteiger partial charge on any atom is -0.285 e. The summed E-state index contributed by atoms with van der Waals surface area (Å²) in [4.78, 5) is 54.5. The Labute approximate surface area is 136 Å². The summed E-state index contributed by atoms with van der Waals surface area (Å²) in [6, 6.07) is 6.26. The van der Waals surface area contributed by atoms with Crippen molar-refractivity contribution in [2.75, 3.05) is 0 Å². The van der Waals surface area contributed by atoms with E-state index in [1.54, 1.807) is 0 Å². The van der Waals surface area contributed by atoms with Crippen molar-refractivity contribution >= 4 is 28.6 Å². The number of benzene rings is 2. The molecule has 11 heteroatoms. The second kappa shape index (κ2) is 5.26. The van der Waals surface area contributed by atoms with Crippen LogP contribution in [0.3, 0.4) is 0 Å². The Morgan fingerprint density at radius 2 is 1.24 bits per heavy atom. The van der Waals surface area contributed by atoms with E-state index in [9.17, 15) is 39.9 Å². The molecule has 0 unspecified atom stereocenters. The Hall–Kier alpha value is -4.02. The molecular formula is C14H5N3O8. The average molecular weight is 343 g/mol. The molecule has 0 spiro atoms. The number of fused-ring (bicyclic) bond motifs is 3. The van der Waals surface area contributed by atoms with Gasteiger partial charge in [-0.15, -0.1) is 0 Å². The van der Waals surface area contributed by atoms with E-state index in [0.29, 0.717) is 6.07 Å². The third-order valence-electron chi connectivity index (χ3n) is 3.71. The van der Waals surface area contributed by atoms with Crippen LogP contribution in [-0.4, -0.2) is 26.3 Å². The van der Waals surface area contributed by atoms with Gasteiger partial charge >= 0.3 is 17.1 Å². The Bertz CT molecular complexity index is 1030. The molecule has 124 valence electrons. The minimum absolute atomic E-state index is 0.0585. The quantitative estimate of drug-likeness (QED) is 0.465. The highest BCUT2D eigenvalue weighted by Gasteiger charge is 2.46. The van der Waals surface area contributed by atoms with Gasteiger partial charge in [0.2, 0.25) is 11.6 Å². The molecule has 0 fully saturated rings. The van der Waals surface area contributed by atoms with E-state index in [2.05, 4.69) is 0 Å². The fourth-order valence-corrected chi connectivity index (χ4v) is 2.74. The summed E-state index contributed by atoms with van der Waals surface area (Å²) in [5.41, 5.74) is -5.03. The van der Waals surface area contributed by atoms with Crippen LogP contribution in [0.4, 0.5) is 17.1 Å². The lowest BCUT2D eigenvalue weighted by Crippen LogP contribution is -2.23. The van der Waals surface area contributed by atoms with Crippen LogP contribution in [0.2, 0.25) is 0 Å². The molecule has 0 saturated carbocycles. The monoisotopic (exact) mass is 343 g/mol. The van der Waals surface area contributed by atoms with Crippen molar-refractivity contribution in [2.24, 2.45) is 0 Å². The summed E-state index contributed by atoms with van der Waals surface area (Å²) in [5, 5.41) is 33.7. The molecule has 0 saturated heterocycles. The van der Waals surface area contributed by atoms with Crippen molar-refractivity contribution < 1.29 is 24.4 Å². The first-order valence-corrected chi connectivity index (χ1v) is 6.58. The maximum absolute atomic E-state index is 12.3. The predicted octanol–water partition coefficient (Wildman–Crippen LogP) is 2.46. The topological polar surface area (TPSA) is 164 Å². The molecule has 0 aliphatic heterocycles. The summed E-state index contributed by atoms with van der Waals surface area (Å²) in [5.74, 6) is -2.40. The fraction of sp³-hybridized carbons (Fsp3) is 0. The molecule has 0 atom stereocenters. The smallest absolute Gasteiger partial charge is 0.285 e. The third-order valence-corrected chi connectivity index (χ3v) is 3.71. The molecule has 0 N–H and O–H groups in total. The van der Waals surface area contributed by atoms with Crippen LogP contribution >= 0.6 is 0 Å². The Kier molecular flexibility index (Phi) is 3.34. The lowest BCUT2D eigenvalue weighted by Gasteiger charge is -2.17. The van der Waals surface area contributed by atoms with E-state index in [4.69, 9.17) is 0 Å². The molecule has 2 aromatic rings. The van der Waals surface area contributed by atoms with Crippen LogP contribution in [0.5, 0.6) is 0 Å². The average Bonchev–Trinajstić information content (AvgIpc) is 2.57. The number of hydrogen-bond acceptors (Lipinski definition) is 8. The summed E-state index contributed by atoms with van der Waals surface area (Å²) in [6.07, 6.45) is 0. The van der Waals surface area contributed by atoms with Gasteiger partial charge in [0.1, 0.15) is 5.56 Å². The number of carbonyl (C=O) groups excluding carboxylic acids is 2. The van der Waals surface area contributed by atoms with Gasteiger partial charge < -0.3 is 0 Å². The second-order valence-corrected chi connectivity index (χ2v) is 4.99. The van der Waals surface area contributed by atoms with Crippen molar-refractivity contribution in [2.45, 2.75) is 0 Å². The lowest BCUT2D eigenvalue weighted by molar-refractivity contribution is -0.441. The van der Waals surface area contributed by atoms with Crippen molar-refractivity contribution in [1.29, 1.82) is 0 Å². The van der Waals surface area contributed by atoms with Crippen LogP contribution in [-0.2, 0) is 0 Å². The highest BCUT2D eigenvalue weighted by Crippen LogP contribution is 2.47. The molecule has 3 rings (SSSR count). The highest BCUT2D eigenvalue weighted by molar-refractivity contribution is 6.54. The SMILES string of the molecule is O=C1C(=O)c2c(cc([N+](=O)[O-])c([N+](=O)[O-])c2[N+](=O)[O-])-c2ccccc21. The molecule has 2 aromatic carbocycles. The summed E-state index contributed by atoms with van der Waals surface area (Å²) in [7, 11) is 0. The first-order chi connectivity index (χ1) is 11.8. The van der Waals surface area contributed by atoms with Gasteiger partial charge in [-0.1, -0.05) is 24.3 Å².